The second-order valence-electron chi connectivity index (χ2n) is 10.1. The number of carbonyl (C=O) groups is 3. The summed E-state index contributed by atoms with van der Waals surface area (Å²) in [6, 6.07) is 1.07. The second kappa shape index (κ2) is 11.3. The van der Waals surface area contributed by atoms with Crippen molar-refractivity contribution in [3.8, 4) is 0 Å². The molecule has 2 aromatic heterocycles. The van der Waals surface area contributed by atoms with Gasteiger partial charge in [0, 0.05) is 29.7 Å². The molecule has 0 bridgehead atoms. The van der Waals surface area contributed by atoms with Gasteiger partial charge >= 0.3 is 6.03 Å². The van der Waals surface area contributed by atoms with Crippen LogP contribution in [0.15, 0.2) is 53.0 Å². The van der Waals surface area contributed by atoms with Crippen molar-refractivity contribution in [3.05, 3.63) is 52.8 Å². The molecular formula is C28H34N6O3S. The Morgan fingerprint density at radius 2 is 2.00 bits per heavy atom. The minimum atomic E-state index is -0.350. The van der Waals surface area contributed by atoms with Crippen LogP contribution in [0.25, 0.3) is 10.2 Å². The fraction of sp³-hybridized carbons (Fsp3) is 0.393. The normalized spacial score (nSPS) is 19.8. The number of rotatable bonds is 9. The van der Waals surface area contributed by atoms with Gasteiger partial charge in [-0.15, -0.1) is 11.3 Å². The molecule has 1 aliphatic heterocycles. The Bertz CT molecular complexity index is 1370. The van der Waals surface area contributed by atoms with Gasteiger partial charge in [0.15, 0.2) is 0 Å². The van der Waals surface area contributed by atoms with Gasteiger partial charge < -0.3 is 16.0 Å². The van der Waals surface area contributed by atoms with Crippen molar-refractivity contribution in [2.75, 3.05) is 10.2 Å². The second-order valence-corrected chi connectivity index (χ2v) is 11.1. The van der Waals surface area contributed by atoms with E-state index in [1.165, 1.54) is 17.4 Å². The van der Waals surface area contributed by atoms with Crippen LogP contribution in [0.5, 0.6) is 0 Å². The number of amides is 4. The first kappa shape index (κ1) is 27.3. The van der Waals surface area contributed by atoms with Crippen LogP contribution in [0, 0.1) is 5.92 Å². The van der Waals surface area contributed by atoms with Gasteiger partial charge in [0.1, 0.15) is 9.71 Å². The van der Waals surface area contributed by atoms with Crippen LogP contribution in [0.4, 0.5) is 16.2 Å². The Morgan fingerprint density at radius 1 is 1.29 bits per heavy atom. The Labute approximate surface area is 226 Å². The Balaban J connectivity index is 1.67. The van der Waals surface area contributed by atoms with Crippen molar-refractivity contribution in [1.29, 1.82) is 0 Å². The first-order valence-corrected chi connectivity index (χ1v) is 13.6. The smallest absolute Gasteiger partial charge is 0.330 e. The number of thiophene rings is 1. The lowest BCUT2D eigenvalue weighted by atomic mass is 10.1. The molecule has 200 valence electrons. The van der Waals surface area contributed by atoms with Crippen LogP contribution in [0.3, 0.4) is 0 Å². The fourth-order valence-electron chi connectivity index (χ4n) is 4.98. The maximum Gasteiger partial charge on any atom is 0.330 e. The predicted octanol–water partition coefficient (Wildman–Crippen LogP) is 5.53. The molecule has 1 fully saturated rings. The number of hydrogen-bond donors (Lipinski definition) is 3. The SMILES string of the molecule is C=CC(=O)N[C@H]1CCC[C@H]1NC(=O)c1sc2nccc3c2c1NC(=O)N3/C(C)=C(C)/C=C(/CC(C)C)N=C. The zero-order valence-electron chi connectivity index (χ0n) is 22.3. The van der Waals surface area contributed by atoms with E-state index in [1.807, 2.05) is 19.9 Å². The van der Waals surface area contributed by atoms with Crippen molar-refractivity contribution in [2.24, 2.45) is 10.9 Å². The molecule has 1 saturated carbocycles. The topological polar surface area (TPSA) is 116 Å². The standard InChI is InChI=1S/C28H34N6O3S/c1-7-22(35)31-19-9-8-10-20(19)32-26(36)25-24-23-21(11-12-30-27(23)38-25)34(28(37)33-24)17(5)16(4)14-18(29-6)13-15(2)3/h7,11-12,14-15,19-20H,1,6,8-10,13H2,2-5H3,(H,31,35)(H,32,36)(H,33,37)/b17-16+,18-14-/t19-,20+/m0/s1. The summed E-state index contributed by atoms with van der Waals surface area (Å²) in [7, 11) is 0. The fourth-order valence-corrected chi connectivity index (χ4v) is 6.00. The Hall–Kier alpha value is -3.79. The average Bonchev–Trinajstić information content (AvgIpc) is 3.47. The van der Waals surface area contributed by atoms with Crippen LogP contribution in [0.1, 0.15) is 63.0 Å². The average molecular weight is 535 g/mol. The lowest BCUT2D eigenvalue weighted by Crippen LogP contribution is -2.48. The van der Waals surface area contributed by atoms with Crippen LogP contribution < -0.4 is 20.9 Å². The number of urea groups is 1. The number of carbonyl (C=O) groups excluding carboxylic acids is 3. The summed E-state index contributed by atoms with van der Waals surface area (Å²) in [6.45, 7) is 15.3. The van der Waals surface area contributed by atoms with E-state index >= 15 is 0 Å². The number of nitrogens with one attached hydrogen (secondary N) is 3. The van der Waals surface area contributed by atoms with Gasteiger partial charge in [-0.1, -0.05) is 20.4 Å². The number of pyridine rings is 1. The highest BCUT2D eigenvalue weighted by Gasteiger charge is 2.35. The number of anilines is 2. The van der Waals surface area contributed by atoms with E-state index in [2.05, 4.69) is 53.1 Å². The molecule has 38 heavy (non-hydrogen) atoms. The first-order chi connectivity index (χ1) is 18.1. The molecule has 2 atom stereocenters. The van der Waals surface area contributed by atoms with Gasteiger partial charge in [0.25, 0.3) is 5.91 Å². The highest BCUT2D eigenvalue weighted by atomic mass is 32.1. The van der Waals surface area contributed by atoms with E-state index in [1.54, 1.807) is 17.2 Å². The molecule has 10 heteroatoms. The molecule has 0 radical (unpaired) electrons. The van der Waals surface area contributed by atoms with Crippen LogP contribution in [-0.4, -0.2) is 41.6 Å². The molecule has 9 nitrogen and oxygen atoms in total. The molecule has 2 aromatic rings. The molecule has 3 heterocycles. The van der Waals surface area contributed by atoms with Gasteiger partial charge in [-0.25, -0.2) is 9.78 Å². The molecule has 3 N–H and O–H groups in total. The van der Waals surface area contributed by atoms with E-state index in [-0.39, 0.29) is 29.9 Å². The number of allylic oxidation sites excluding steroid dienone is 4. The van der Waals surface area contributed by atoms with Crippen molar-refractivity contribution in [2.45, 2.75) is 65.5 Å². The number of hydrogen-bond acceptors (Lipinski definition) is 6. The van der Waals surface area contributed by atoms with E-state index in [9.17, 15) is 14.4 Å². The third kappa shape index (κ3) is 5.40. The van der Waals surface area contributed by atoms with Crippen molar-refractivity contribution >= 4 is 57.5 Å². The summed E-state index contributed by atoms with van der Waals surface area (Å²) < 4.78 is 0. The molecule has 0 aromatic carbocycles. The van der Waals surface area contributed by atoms with Crippen LogP contribution >= 0.6 is 11.3 Å². The number of aliphatic imine (C=N–C) groups is 1. The van der Waals surface area contributed by atoms with E-state index in [0.29, 0.717) is 27.0 Å². The number of nitrogens with zero attached hydrogens (tertiary/aromatic N) is 3. The quantitative estimate of drug-likeness (QED) is 0.223. The lowest BCUT2D eigenvalue weighted by Gasteiger charge is -2.30. The predicted molar refractivity (Wildman–Crippen MR) is 154 cm³/mol. The minimum absolute atomic E-state index is 0.164. The van der Waals surface area contributed by atoms with Gasteiger partial charge in [-0.05, 0) is 76.0 Å². The molecule has 4 amide bonds. The first-order valence-electron chi connectivity index (χ1n) is 12.8. The summed E-state index contributed by atoms with van der Waals surface area (Å²) in [6.07, 6.45) is 8.05. The van der Waals surface area contributed by atoms with Crippen LogP contribution in [0.2, 0.25) is 0 Å². The molecular weight excluding hydrogens is 500 g/mol. The Kier molecular flexibility index (Phi) is 8.11. The molecule has 2 aliphatic rings. The largest absolute Gasteiger partial charge is 0.348 e. The van der Waals surface area contributed by atoms with Gasteiger partial charge in [0.05, 0.1) is 16.8 Å². The molecule has 1 aliphatic carbocycles. The van der Waals surface area contributed by atoms with Crippen molar-refractivity contribution < 1.29 is 14.4 Å². The minimum Gasteiger partial charge on any atom is -0.348 e. The summed E-state index contributed by atoms with van der Waals surface area (Å²) in [5.74, 6) is -0.133. The van der Waals surface area contributed by atoms with E-state index < -0.39 is 0 Å². The zero-order chi connectivity index (χ0) is 27.6. The van der Waals surface area contributed by atoms with Gasteiger partial charge in [-0.3, -0.25) is 19.5 Å². The monoisotopic (exact) mass is 534 g/mol. The van der Waals surface area contributed by atoms with Crippen molar-refractivity contribution in [1.82, 2.24) is 15.6 Å². The zero-order valence-corrected chi connectivity index (χ0v) is 23.1. The third-order valence-electron chi connectivity index (χ3n) is 6.91. The maximum atomic E-state index is 13.4. The summed E-state index contributed by atoms with van der Waals surface area (Å²) in [4.78, 5) is 49.9. The number of aromatic nitrogens is 1. The van der Waals surface area contributed by atoms with Gasteiger partial charge in [-0.2, -0.15) is 0 Å². The van der Waals surface area contributed by atoms with Crippen LogP contribution in [-0.2, 0) is 4.79 Å². The summed E-state index contributed by atoms with van der Waals surface area (Å²) in [5, 5.41) is 9.62. The molecule has 0 unspecified atom stereocenters. The van der Waals surface area contributed by atoms with Gasteiger partial charge in [0.2, 0.25) is 5.91 Å². The lowest BCUT2D eigenvalue weighted by molar-refractivity contribution is -0.117. The van der Waals surface area contributed by atoms with E-state index in [0.717, 1.165) is 48.0 Å². The summed E-state index contributed by atoms with van der Waals surface area (Å²) >= 11 is 1.24. The molecule has 0 spiro atoms. The Morgan fingerprint density at radius 3 is 2.66 bits per heavy atom. The molecule has 0 saturated heterocycles. The maximum absolute atomic E-state index is 13.4. The third-order valence-corrected chi connectivity index (χ3v) is 8.00. The highest BCUT2D eigenvalue weighted by molar-refractivity contribution is 7.21. The van der Waals surface area contributed by atoms with Crippen molar-refractivity contribution in [3.63, 3.8) is 0 Å². The highest BCUT2D eigenvalue weighted by Crippen LogP contribution is 2.45. The molecule has 4 rings (SSSR count). The van der Waals surface area contributed by atoms with E-state index in [4.69, 9.17) is 0 Å². The summed E-state index contributed by atoms with van der Waals surface area (Å²) in [5.41, 5.74) is 3.63.